The molecular weight excluding hydrogens is 615 g/mol. The van der Waals surface area contributed by atoms with Gasteiger partial charge in [0.05, 0.1) is 13.2 Å². The van der Waals surface area contributed by atoms with Gasteiger partial charge in [-0.05, 0) is 81.3 Å². The van der Waals surface area contributed by atoms with Crippen LogP contribution < -0.4 is 29.2 Å². The molecule has 0 aliphatic carbocycles. The molecule has 4 aromatic rings. The third-order valence-corrected chi connectivity index (χ3v) is 8.37. The smallest absolute Gasteiger partial charge is 0.421 e. The first-order valence-electron chi connectivity index (χ1n) is 16.1. The fraction of sp³-hybridized carbons (Fsp3) is 0.361. The highest BCUT2D eigenvalue weighted by Crippen LogP contribution is 2.34. The largest absolute Gasteiger partial charge is 0.490 e. The summed E-state index contributed by atoms with van der Waals surface area (Å²) in [5, 5.41) is 3.05. The number of carbonyl (C=O) groups excluding carboxylic acids is 1. The molecule has 0 unspecified atom stereocenters. The van der Waals surface area contributed by atoms with Gasteiger partial charge in [-0.1, -0.05) is 23.8 Å². The van der Waals surface area contributed by atoms with Crippen molar-refractivity contribution in [1.82, 2.24) is 19.8 Å². The number of ether oxygens (including phenoxy) is 4. The van der Waals surface area contributed by atoms with E-state index >= 15 is 4.39 Å². The fourth-order valence-electron chi connectivity index (χ4n) is 5.86. The third kappa shape index (κ3) is 8.12. The summed E-state index contributed by atoms with van der Waals surface area (Å²) in [6.45, 7) is 11.6. The van der Waals surface area contributed by atoms with E-state index in [0.717, 1.165) is 61.4 Å². The Kier molecular flexibility index (Phi) is 10.2. The van der Waals surface area contributed by atoms with Gasteiger partial charge in [-0.3, -0.25) is 4.90 Å². The molecule has 2 aliphatic heterocycles. The molecule has 12 heteroatoms. The number of hydrogen-bond donors (Lipinski definition) is 1. The van der Waals surface area contributed by atoms with E-state index in [0.29, 0.717) is 35.4 Å². The van der Waals surface area contributed by atoms with Gasteiger partial charge in [0.1, 0.15) is 11.6 Å². The van der Waals surface area contributed by atoms with Crippen LogP contribution in [-0.2, 0) is 6.54 Å². The number of nitrogens with zero attached hydrogens (tertiary/aromatic N) is 5. The Morgan fingerprint density at radius 2 is 1.75 bits per heavy atom. The van der Waals surface area contributed by atoms with Crippen molar-refractivity contribution < 1.29 is 28.1 Å². The SMILES string of the molecule is Cc1cc(C)c(OC(=O)N(Cc2ccc3c(c2)OCO3)c2ccnc(Nc3ccc(OCCCN4CCN(C)CC4)c(F)c3)n2)c(C)c1. The van der Waals surface area contributed by atoms with Gasteiger partial charge >= 0.3 is 6.09 Å². The predicted octanol–water partition coefficient (Wildman–Crippen LogP) is 6.24. The van der Waals surface area contributed by atoms with Crippen molar-refractivity contribution in [2.45, 2.75) is 33.7 Å². The van der Waals surface area contributed by atoms with Gasteiger partial charge in [0, 0.05) is 50.7 Å². The first kappa shape index (κ1) is 33.0. The van der Waals surface area contributed by atoms with Crippen LogP contribution in [0, 0.1) is 26.6 Å². The number of aromatic nitrogens is 2. The monoisotopic (exact) mass is 656 g/mol. The quantitative estimate of drug-likeness (QED) is 0.187. The number of piperazine rings is 1. The highest BCUT2D eigenvalue weighted by Gasteiger charge is 2.24. The second-order valence-corrected chi connectivity index (χ2v) is 12.2. The van der Waals surface area contributed by atoms with E-state index < -0.39 is 11.9 Å². The zero-order valence-corrected chi connectivity index (χ0v) is 27.8. The van der Waals surface area contributed by atoms with Gasteiger partial charge in [0.2, 0.25) is 12.7 Å². The fourth-order valence-corrected chi connectivity index (χ4v) is 5.86. The minimum atomic E-state index is -0.618. The number of fused-ring (bicyclic) bond motifs is 1. The van der Waals surface area contributed by atoms with E-state index in [1.807, 2.05) is 45.0 Å². The molecule has 0 atom stereocenters. The molecule has 0 spiro atoms. The summed E-state index contributed by atoms with van der Waals surface area (Å²) in [6.07, 6.45) is 1.73. The second kappa shape index (κ2) is 14.9. The van der Waals surface area contributed by atoms with Gasteiger partial charge in [0.15, 0.2) is 23.1 Å². The molecule has 6 rings (SSSR count). The summed E-state index contributed by atoms with van der Waals surface area (Å²) < 4.78 is 37.7. The Bertz CT molecular complexity index is 1740. The molecule has 1 N–H and O–H groups in total. The summed E-state index contributed by atoms with van der Waals surface area (Å²) in [5.41, 5.74) is 3.98. The molecule has 1 aromatic heterocycles. The van der Waals surface area contributed by atoms with Crippen molar-refractivity contribution in [3.8, 4) is 23.0 Å². The zero-order valence-electron chi connectivity index (χ0n) is 27.8. The zero-order chi connectivity index (χ0) is 33.6. The Balaban J connectivity index is 1.15. The summed E-state index contributed by atoms with van der Waals surface area (Å²) in [5.74, 6) is 1.89. The van der Waals surface area contributed by atoms with E-state index in [1.54, 1.807) is 24.3 Å². The number of halogens is 1. The number of amides is 1. The highest BCUT2D eigenvalue weighted by molar-refractivity contribution is 5.88. The Labute approximate surface area is 280 Å². The van der Waals surface area contributed by atoms with Crippen LogP contribution in [0.1, 0.15) is 28.7 Å². The van der Waals surface area contributed by atoms with Crippen LogP contribution in [0.15, 0.2) is 60.8 Å². The predicted molar refractivity (Wildman–Crippen MR) is 181 cm³/mol. The molecule has 48 heavy (non-hydrogen) atoms. The van der Waals surface area contributed by atoms with Gasteiger partial charge in [0.25, 0.3) is 0 Å². The molecule has 0 bridgehead atoms. The number of likely N-dealkylation sites (N-methyl/N-ethyl adjacent to an activating group) is 1. The first-order valence-corrected chi connectivity index (χ1v) is 16.1. The molecule has 0 radical (unpaired) electrons. The molecule has 3 aromatic carbocycles. The molecule has 3 heterocycles. The molecule has 1 amide bonds. The standard InChI is InChI=1S/C36H41FN6O5/c1-24-18-25(2)34(26(3)19-24)48-36(44)43(22-27-6-8-31-32(20-27)47-23-46-31)33-10-11-38-35(40-33)39-28-7-9-30(29(37)21-28)45-17-5-12-42-15-13-41(4)14-16-42/h6-11,18-21H,5,12-17,22-23H2,1-4H3,(H,38,39,40). The maximum atomic E-state index is 15.0. The van der Waals surface area contributed by atoms with E-state index in [-0.39, 0.29) is 25.0 Å². The Hall–Kier alpha value is -4.94. The summed E-state index contributed by atoms with van der Waals surface area (Å²) in [7, 11) is 2.13. The summed E-state index contributed by atoms with van der Waals surface area (Å²) in [4.78, 5) is 28.9. The minimum Gasteiger partial charge on any atom is -0.490 e. The third-order valence-electron chi connectivity index (χ3n) is 8.37. The number of anilines is 3. The van der Waals surface area contributed by atoms with E-state index in [4.69, 9.17) is 18.9 Å². The highest BCUT2D eigenvalue weighted by atomic mass is 19.1. The number of aryl methyl sites for hydroxylation is 3. The number of hydrogen-bond acceptors (Lipinski definition) is 10. The van der Waals surface area contributed by atoms with Gasteiger partial charge in [-0.15, -0.1) is 0 Å². The molecule has 1 saturated heterocycles. The normalized spacial score (nSPS) is 14.5. The summed E-state index contributed by atoms with van der Waals surface area (Å²) in [6, 6.07) is 15.7. The number of benzene rings is 3. The van der Waals surface area contributed by atoms with Crippen LogP contribution in [0.2, 0.25) is 0 Å². The maximum absolute atomic E-state index is 15.0. The van der Waals surface area contributed by atoms with Crippen LogP contribution in [0.25, 0.3) is 0 Å². The van der Waals surface area contributed by atoms with Crippen molar-refractivity contribution in [2.75, 3.05) is 63.4 Å². The molecule has 2 aliphatic rings. The minimum absolute atomic E-state index is 0.130. The first-order chi connectivity index (χ1) is 23.2. The topological polar surface area (TPSA) is 102 Å². The summed E-state index contributed by atoms with van der Waals surface area (Å²) >= 11 is 0. The average Bonchev–Trinajstić information content (AvgIpc) is 3.53. The Morgan fingerprint density at radius 1 is 0.979 bits per heavy atom. The van der Waals surface area contributed by atoms with E-state index in [1.165, 1.54) is 17.2 Å². The second-order valence-electron chi connectivity index (χ2n) is 12.2. The van der Waals surface area contributed by atoms with Crippen molar-refractivity contribution in [3.63, 3.8) is 0 Å². The Morgan fingerprint density at radius 3 is 2.52 bits per heavy atom. The van der Waals surface area contributed by atoms with Crippen molar-refractivity contribution >= 4 is 23.5 Å². The number of rotatable bonds is 11. The van der Waals surface area contributed by atoms with Crippen molar-refractivity contribution in [2.24, 2.45) is 0 Å². The maximum Gasteiger partial charge on any atom is 0.421 e. The number of carbonyl (C=O) groups is 1. The van der Waals surface area contributed by atoms with Crippen LogP contribution >= 0.6 is 0 Å². The van der Waals surface area contributed by atoms with Gasteiger partial charge in [-0.2, -0.15) is 4.98 Å². The molecule has 1 fully saturated rings. The van der Waals surface area contributed by atoms with Gasteiger partial charge in [-0.25, -0.2) is 14.2 Å². The lowest BCUT2D eigenvalue weighted by atomic mass is 10.1. The lowest BCUT2D eigenvalue weighted by Crippen LogP contribution is -2.44. The van der Waals surface area contributed by atoms with Crippen LogP contribution in [-0.4, -0.2) is 79.0 Å². The molecule has 11 nitrogen and oxygen atoms in total. The van der Waals surface area contributed by atoms with E-state index in [2.05, 4.69) is 32.1 Å². The van der Waals surface area contributed by atoms with Gasteiger partial charge < -0.3 is 34.1 Å². The van der Waals surface area contributed by atoms with Crippen molar-refractivity contribution in [1.29, 1.82) is 0 Å². The average molecular weight is 657 g/mol. The van der Waals surface area contributed by atoms with Crippen LogP contribution in [0.3, 0.4) is 0 Å². The molecule has 0 saturated carbocycles. The van der Waals surface area contributed by atoms with Crippen LogP contribution in [0.4, 0.5) is 26.6 Å². The molecule has 252 valence electrons. The molecular formula is C36H41FN6O5. The van der Waals surface area contributed by atoms with Crippen LogP contribution in [0.5, 0.6) is 23.0 Å². The lowest BCUT2D eigenvalue weighted by molar-refractivity contribution is 0.145. The number of nitrogens with one attached hydrogen (secondary N) is 1. The van der Waals surface area contributed by atoms with E-state index in [9.17, 15) is 4.79 Å². The van der Waals surface area contributed by atoms with Crippen molar-refractivity contribution in [3.05, 3.63) is 88.9 Å². The lowest BCUT2D eigenvalue weighted by Gasteiger charge is -2.32.